The van der Waals surface area contributed by atoms with Crippen LogP contribution in [0.1, 0.15) is 27.9 Å². The van der Waals surface area contributed by atoms with Gasteiger partial charge in [0.25, 0.3) is 0 Å². The van der Waals surface area contributed by atoms with Crippen LogP contribution in [0.2, 0.25) is 0 Å². The summed E-state index contributed by atoms with van der Waals surface area (Å²) in [6, 6.07) is 8.61. The van der Waals surface area contributed by atoms with Gasteiger partial charge in [-0.1, -0.05) is 11.6 Å². The molecular weight excluding hydrogens is 258 g/mol. The van der Waals surface area contributed by atoms with Gasteiger partial charge in [-0.2, -0.15) is 0 Å². The molecule has 108 valence electrons. The van der Waals surface area contributed by atoms with E-state index in [1.807, 2.05) is 24.5 Å². The van der Waals surface area contributed by atoms with Gasteiger partial charge in [0, 0.05) is 36.6 Å². The van der Waals surface area contributed by atoms with E-state index >= 15 is 0 Å². The highest BCUT2D eigenvalue weighted by atomic mass is 14.9. The summed E-state index contributed by atoms with van der Waals surface area (Å²) in [4.78, 5) is 7.57. The number of pyridine rings is 1. The third-order valence-electron chi connectivity index (χ3n) is 4.04. The van der Waals surface area contributed by atoms with Crippen molar-refractivity contribution in [2.24, 2.45) is 0 Å². The SMILES string of the molecule is Cc1cc(CNCc2ccncc2)c2[nH]c(C)c(C)c2c1. The summed E-state index contributed by atoms with van der Waals surface area (Å²) < 4.78 is 0. The van der Waals surface area contributed by atoms with E-state index < -0.39 is 0 Å². The minimum absolute atomic E-state index is 0.858. The molecule has 2 aromatic heterocycles. The molecule has 0 fully saturated rings. The van der Waals surface area contributed by atoms with Crippen LogP contribution in [0.4, 0.5) is 0 Å². The standard InChI is InChI=1S/C18H21N3/c1-12-8-16(11-20-10-15-4-6-19-7-5-15)18-17(9-12)13(2)14(3)21-18/h4-9,20-21H,10-11H2,1-3H3. The maximum absolute atomic E-state index is 4.04. The van der Waals surface area contributed by atoms with Gasteiger partial charge < -0.3 is 10.3 Å². The molecule has 3 heteroatoms. The molecule has 0 aliphatic carbocycles. The molecule has 0 unspecified atom stereocenters. The smallest absolute Gasteiger partial charge is 0.0504 e. The van der Waals surface area contributed by atoms with Crippen molar-refractivity contribution in [2.45, 2.75) is 33.9 Å². The number of hydrogen-bond donors (Lipinski definition) is 2. The van der Waals surface area contributed by atoms with Crippen LogP contribution < -0.4 is 5.32 Å². The molecular formula is C18H21N3. The maximum Gasteiger partial charge on any atom is 0.0504 e. The second-order valence-corrected chi connectivity index (χ2v) is 5.68. The normalized spacial score (nSPS) is 11.2. The lowest BCUT2D eigenvalue weighted by Crippen LogP contribution is -2.13. The summed E-state index contributed by atoms with van der Waals surface area (Å²) in [6.07, 6.45) is 3.67. The first-order chi connectivity index (χ1) is 10.1. The van der Waals surface area contributed by atoms with Crippen LogP contribution in [0.25, 0.3) is 10.9 Å². The van der Waals surface area contributed by atoms with Crippen molar-refractivity contribution < 1.29 is 0 Å². The second kappa shape index (κ2) is 5.70. The van der Waals surface area contributed by atoms with Crippen LogP contribution in [0.5, 0.6) is 0 Å². The van der Waals surface area contributed by atoms with Crippen molar-refractivity contribution in [3.8, 4) is 0 Å². The minimum atomic E-state index is 0.858. The Bertz CT molecular complexity index is 757. The lowest BCUT2D eigenvalue weighted by Gasteiger charge is -2.08. The van der Waals surface area contributed by atoms with Crippen molar-refractivity contribution in [3.05, 3.63) is 64.6 Å². The van der Waals surface area contributed by atoms with E-state index in [2.05, 4.69) is 48.2 Å². The highest BCUT2D eigenvalue weighted by molar-refractivity contribution is 5.87. The highest BCUT2D eigenvalue weighted by Gasteiger charge is 2.09. The van der Waals surface area contributed by atoms with Crippen molar-refractivity contribution in [1.82, 2.24) is 15.3 Å². The molecule has 2 heterocycles. The quantitative estimate of drug-likeness (QED) is 0.763. The lowest BCUT2D eigenvalue weighted by atomic mass is 10.0. The monoisotopic (exact) mass is 279 g/mol. The van der Waals surface area contributed by atoms with Gasteiger partial charge in [0.1, 0.15) is 0 Å². The molecule has 0 saturated heterocycles. The van der Waals surface area contributed by atoms with Gasteiger partial charge in [0.05, 0.1) is 5.52 Å². The first-order valence-electron chi connectivity index (χ1n) is 7.33. The summed E-state index contributed by atoms with van der Waals surface area (Å²) in [7, 11) is 0. The molecule has 0 spiro atoms. The molecule has 21 heavy (non-hydrogen) atoms. The first-order valence-corrected chi connectivity index (χ1v) is 7.33. The molecule has 0 radical (unpaired) electrons. The fourth-order valence-electron chi connectivity index (χ4n) is 2.77. The van der Waals surface area contributed by atoms with Gasteiger partial charge in [-0.15, -0.1) is 0 Å². The number of nitrogens with zero attached hydrogens (tertiary/aromatic N) is 1. The fourth-order valence-corrected chi connectivity index (χ4v) is 2.77. The fraction of sp³-hybridized carbons (Fsp3) is 0.278. The zero-order valence-corrected chi connectivity index (χ0v) is 12.8. The van der Waals surface area contributed by atoms with Crippen molar-refractivity contribution in [3.63, 3.8) is 0 Å². The zero-order valence-electron chi connectivity index (χ0n) is 12.8. The Kier molecular flexibility index (Phi) is 3.76. The van der Waals surface area contributed by atoms with Gasteiger partial charge in [0.15, 0.2) is 0 Å². The minimum Gasteiger partial charge on any atom is -0.358 e. The number of aromatic amines is 1. The van der Waals surface area contributed by atoms with E-state index in [4.69, 9.17) is 0 Å². The maximum atomic E-state index is 4.04. The number of benzene rings is 1. The largest absolute Gasteiger partial charge is 0.358 e. The Morgan fingerprint density at radius 1 is 1.05 bits per heavy atom. The summed E-state index contributed by atoms with van der Waals surface area (Å²) >= 11 is 0. The van der Waals surface area contributed by atoms with Crippen LogP contribution in [0.3, 0.4) is 0 Å². The van der Waals surface area contributed by atoms with Crippen LogP contribution in [-0.2, 0) is 13.1 Å². The molecule has 2 N–H and O–H groups in total. The van der Waals surface area contributed by atoms with E-state index in [1.165, 1.54) is 38.9 Å². The van der Waals surface area contributed by atoms with Gasteiger partial charge in [-0.05, 0) is 55.7 Å². The summed E-state index contributed by atoms with van der Waals surface area (Å²) in [5, 5.41) is 4.86. The van der Waals surface area contributed by atoms with E-state index in [9.17, 15) is 0 Å². The second-order valence-electron chi connectivity index (χ2n) is 5.68. The number of hydrogen-bond acceptors (Lipinski definition) is 2. The molecule has 0 saturated carbocycles. The Balaban J connectivity index is 1.82. The molecule has 3 rings (SSSR count). The topological polar surface area (TPSA) is 40.7 Å². The van der Waals surface area contributed by atoms with E-state index in [-0.39, 0.29) is 0 Å². The number of fused-ring (bicyclic) bond motifs is 1. The Morgan fingerprint density at radius 3 is 2.57 bits per heavy atom. The summed E-state index contributed by atoms with van der Waals surface area (Å²) in [5.41, 5.74) is 7.77. The van der Waals surface area contributed by atoms with Gasteiger partial charge in [-0.3, -0.25) is 4.98 Å². The molecule has 0 amide bonds. The lowest BCUT2D eigenvalue weighted by molar-refractivity contribution is 0.695. The van der Waals surface area contributed by atoms with Crippen LogP contribution in [0.15, 0.2) is 36.7 Å². The molecule has 0 aliphatic heterocycles. The third kappa shape index (κ3) is 2.83. The molecule has 3 nitrogen and oxygen atoms in total. The molecule has 0 aliphatic rings. The van der Waals surface area contributed by atoms with Crippen molar-refractivity contribution in [1.29, 1.82) is 0 Å². The van der Waals surface area contributed by atoms with E-state index in [1.54, 1.807) is 0 Å². The van der Waals surface area contributed by atoms with Gasteiger partial charge >= 0.3 is 0 Å². The van der Waals surface area contributed by atoms with Crippen molar-refractivity contribution in [2.75, 3.05) is 0 Å². The predicted molar refractivity (Wildman–Crippen MR) is 87.3 cm³/mol. The third-order valence-corrected chi connectivity index (χ3v) is 4.04. The Morgan fingerprint density at radius 2 is 1.81 bits per heavy atom. The van der Waals surface area contributed by atoms with Crippen LogP contribution in [0, 0.1) is 20.8 Å². The van der Waals surface area contributed by atoms with Crippen molar-refractivity contribution >= 4 is 10.9 Å². The Hall–Kier alpha value is -2.13. The summed E-state index contributed by atoms with van der Waals surface area (Å²) in [5.74, 6) is 0. The first kappa shape index (κ1) is 13.8. The number of rotatable bonds is 4. The molecule has 3 aromatic rings. The average molecular weight is 279 g/mol. The van der Waals surface area contributed by atoms with Crippen LogP contribution in [-0.4, -0.2) is 9.97 Å². The van der Waals surface area contributed by atoms with E-state index in [0.717, 1.165) is 13.1 Å². The molecule has 0 atom stereocenters. The average Bonchev–Trinajstić information content (AvgIpc) is 2.76. The predicted octanol–water partition coefficient (Wildman–Crippen LogP) is 3.78. The summed E-state index contributed by atoms with van der Waals surface area (Å²) in [6.45, 7) is 8.20. The molecule has 1 aromatic carbocycles. The number of aromatic nitrogens is 2. The Labute approximate surface area is 125 Å². The number of nitrogens with one attached hydrogen (secondary N) is 2. The van der Waals surface area contributed by atoms with Gasteiger partial charge in [0.2, 0.25) is 0 Å². The van der Waals surface area contributed by atoms with E-state index in [0.29, 0.717) is 0 Å². The zero-order chi connectivity index (χ0) is 14.8. The number of H-pyrrole nitrogens is 1. The molecule has 0 bridgehead atoms. The number of aryl methyl sites for hydroxylation is 3. The van der Waals surface area contributed by atoms with Gasteiger partial charge in [-0.25, -0.2) is 0 Å². The highest BCUT2D eigenvalue weighted by Crippen LogP contribution is 2.26. The van der Waals surface area contributed by atoms with Crippen LogP contribution >= 0.6 is 0 Å².